The highest BCUT2D eigenvalue weighted by atomic mass is 79.9. The Hall–Kier alpha value is -2.71. The Kier molecular flexibility index (Phi) is 6.43. The third kappa shape index (κ3) is 5.17. The SMILES string of the molecule is CC(=O)Nc1cccc(C(=O)N/N=C/c2ccc(-c3cc(Br)ccc3Br)o2)c1. The normalized spacial score (nSPS) is 10.8. The average Bonchev–Trinajstić information content (AvgIpc) is 3.12. The van der Waals surface area contributed by atoms with Crippen LogP contribution in [0.4, 0.5) is 5.69 Å². The first kappa shape index (κ1) is 20.0. The van der Waals surface area contributed by atoms with Gasteiger partial charge >= 0.3 is 0 Å². The van der Waals surface area contributed by atoms with Crippen LogP contribution >= 0.6 is 31.9 Å². The molecule has 0 radical (unpaired) electrons. The lowest BCUT2D eigenvalue weighted by Crippen LogP contribution is -2.18. The number of benzene rings is 2. The van der Waals surface area contributed by atoms with Crippen LogP contribution in [-0.2, 0) is 4.79 Å². The Bertz CT molecular complexity index is 1060. The van der Waals surface area contributed by atoms with E-state index in [4.69, 9.17) is 4.42 Å². The molecule has 1 aromatic heterocycles. The maximum absolute atomic E-state index is 12.2. The van der Waals surface area contributed by atoms with Gasteiger partial charge in [-0.15, -0.1) is 0 Å². The van der Waals surface area contributed by atoms with Crippen molar-refractivity contribution in [1.29, 1.82) is 0 Å². The van der Waals surface area contributed by atoms with E-state index in [2.05, 4.69) is 47.7 Å². The molecule has 0 bridgehead atoms. The standard InChI is InChI=1S/C20H15Br2N3O3/c1-12(26)24-15-4-2-3-13(9-15)20(27)25-23-11-16-6-8-19(28-16)17-10-14(21)5-7-18(17)22/h2-11H,1H3,(H,24,26)(H,25,27)/b23-11+. The van der Waals surface area contributed by atoms with Crippen molar-refractivity contribution in [3.63, 3.8) is 0 Å². The van der Waals surface area contributed by atoms with Gasteiger partial charge in [0.15, 0.2) is 0 Å². The molecule has 0 fully saturated rings. The zero-order valence-electron chi connectivity index (χ0n) is 14.7. The van der Waals surface area contributed by atoms with Gasteiger partial charge in [0, 0.05) is 32.7 Å². The quantitative estimate of drug-likeness (QED) is 0.370. The molecule has 0 saturated carbocycles. The van der Waals surface area contributed by atoms with Crippen LogP contribution in [0.1, 0.15) is 23.0 Å². The van der Waals surface area contributed by atoms with Crippen molar-refractivity contribution >= 4 is 55.6 Å². The van der Waals surface area contributed by atoms with E-state index in [1.54, 1.807) is 30.3 Å². The molecular formula is C20H15Br2N3O3. The third-order valence-electron chi connectivity index (χ3n) is 3.62. The van der Waals surface area contributed by atoms with E-state index in [9.17, 15) is 9.59 Å². The van der Waals surface area contributed by atoms with E-state index >= 15 is 0 Å². The molecule has 6 nitrogen and oxygen atoms in total. The molecule has 2 amide bonds. The topological polar surface area (TPSA) is 83.7 Å². The summed E-state index contributed by atoms with van der Waals surface area (Å²) in [7, 11) is 0. The van der Waals surface area contributed by atoms with E-state index in [0.29, 0.717) is 22.8 Å². The summed E-state index contributed by atoms with van der Waals surface area (Å²) in [6.07, 6.45) is 1.42. The number of hydrogen-bond donors (Lipinski definition) is 2. The fraction of sp³-hybridized carbons (Fsp3) is 0.0500. The zero-order valence-corrected chi connectivity index (χ0v) is 17.9. The van der Waals surface area contributed by atoms with Crippen molar-refractivity contribution in [3.8, 4) is 11.3 Å². The van der Waals surface area contributed by atoms with Crippen molar-refractivity contribution < 1.29 is 14.0 Å². The van der Waals surface area contributed by atoms with Crippen molar-refractivity contribution in [2.45, 2.75) is 6.92 Å². The number of carbonyl (C=O) groups is 2. The fourth-order valence-corrected chi connectivity index (χ4v) is 3.22. The first-order valence-electron chi connectivity index (χ1n) is 8.19. The summed E-state index contributed by atoms with van der Waals surface area (Å²) >= 11 is 6.94. The van der Waals surface area contributed by atoms with Crippen LogP contribution in [0, 0.1) is 0 Å². The largest absolute Gasteiger partial charge is 0.455 e. The van der Waals surface area contributed by atoms with Gasteiger partial charge in [-0.25, -0.2) is 5.43 Å². The molecule has 28 heavy (non-hydrogen) atoms. The highest BCUT2D eigenvalue weighted by molar-refractivity contribution is 9.11. The summed E-state index contributed by atoms with van der Waals surface area (Å²) in [5, 5.41) is 6.56. The summed E-state index contributed by atoms with van der Waals surface area (Å²) in [6.45, 7) is 1.40. The maximum atomic E-state index is 12.2. The van der Waals surface area contributed by atoms with E-state index in [1.165, 1.54) is 13.1 Å². The Morgan fingerprint density at radius 2 is 1.89 bits per heavy atom. The van der Waals surface area contributed by atoms with Gasteiger partial charge in [0.25, 0.3) is 5.91 Å². The second kappa shape index (κ2) is 8.99. The minimum absolute atomic E-state index is 0.207. The molecule has 0 unspecified atom stereocenters. The number of rotatable bonds is 5. The van der Waals surface area contributed by atoms with Crippen LogP contribution in [0.2, 0.25) is 0 Å². The van der Waals surface area contributed by atoms with Gasteiger partial charge in [0.1, 0.15) is 11.5 Å². The van der Waals surface area contributed by atoms with Crippen molar-refractivity contribution in [3.05, 3.63) is 74.9 Å². The highest BCUT2D eigenvalue weighted by Crippen LogP contribution is 2.31. The smallest absolute Gasteiger partial charge is 0.271 e. The van der Waals surface area contributed by atoms with Crippen LogP contribution in [0.15, 0.2) is 73.1 Å². The minimum atomic E-state index is -0.398. The van der Waals surface area contributed by atoms with Crippen molar-refractivity contribution in [1.82, 2.24) is 5.43 Å². The van der Waals surface area contributed by atoms with E-state index < -0.39 is 5.91 Å². The number of hydrogen-bond acceptors (Lipinski definition) is 4. The first-order chi connectivity index (χ1) is 13.4. The number of carbonyl (C=O) groups excluding carboxylic acids is 2. The average molecular weight is 505 g/mol. The van der Waals surface area contributed by atoms with E-state index in [1.807, 2.05) is 24.3 Å². The Morgan fingerprint density at radius 1 is 1.07 bits per heavy atom. The molecule has 1 heterocycles. The van der Waals surface area contributed by atoms with Crippen molar-refractivity contribution in [2.24, 2.45) is 5.10 Å². The lowest BCUT2D eigenvalue weighted by atomic mass is 10.2. The second-order valence-corrected chi connectivity index (χ2v) is 7.56. The van der Waals surface area contributed by atoms with Crippen molar-refractivity contribution in [2.75, 3.05) is 5.32 Å². The Balaban J connectivity index is 1.67. The monoisotopic (exact) mass is 503 g/mol. The summed E-state index contributed by atoms with van der Waals surface area (Å²) < 4.78 is 7.60. The zero-order chi connectivity index (χ0) is 20.1. The van der Waals surface area contributed by atoms with Crippen LogP contribution < -0.4 is 10.7 Å². The van der Waals surface area contributed by atoms with Gasteiger partial charge in [-0.2, -0.15) is 5.10 Å². The lowest BCUT2D eigenvalue weighted by Gasteiger charge is -2.04. The number of amides is 2. The molecule has 142 valence electrons. The molecule has 0 aliphatic rings. The maximum Gasteiger partial charge on any atom is 0.271 e. The van der Waals surface area contributed by atoms with Gasteiger partial charge in [-0.1, -0.05) is 37.9 Å². The van der Waals surface area contributed by atoms with Gasteiger partial charge in [0.2, 0.25) is 5.91 Å². The van der Waals surface area contributed by atoms with Crippen LogP contribution in [0.5, 0.6) is 0 Å². The summed E-state index contributed by atoms with van der Waals surface area (Å²) in [6, 6.07) is 16.0. The summed E-state index contributed by atoms with van der Waals surface area (Å²) in [5.41, 5.74) is 4.25. The predicted molar refractivity (Wildman–Crippen MR) is 115 cm³/mol. The van der Waals surface area contributed by atoms with Crippen LogP contribution in [0.25, 0.3) is 11.3 Å². The molecule has 0 aliphatic carbocycles. The summed E-state index contributed by atoms with van der Waals surface area (Å²) in [5.74, 6) is 0.560. The van der Waals surface area contributed by atoms with Crippen LogP contribution in [-0.4, -0.2) is 18.0 Å². The molecule has 2 aromatic carbocycles. The molecule has 0 spiro atoms. The fourth-order valence-electron chi connectivity index (χ4n) is 2.41. The summed E-state index contributed by atoms with van der Waals surface area (Å²) in [4.78, 5) is 23.3. The molecule has 0 saturated heterocycles. The van der Waals surface area contributed by atoms with Gasteiger partial charge in [0.05, 0.1) is 6.21 Å². The van der Waals surface area contributed by atoms with Gasteiger partial charge in [-0.05, 0) is 48.5 Å². The molecule has 0 aliphatic heterocycles. The Morgan fingerprint density at radius 3 is 2.68 bits per heavy atom. The molecular weight excluding hydrogens is 490 g/mol. The number of furan rings is 1. The Labute approximate surface area is 178 Å². The molecule has 3 rings (SSSR count). The number of anilines is 1. The molecule has 2 N–H and O–H groups in total. The number of hydrazone groups is 1. The number of nitrogens with zero attached hydrogens (tertiary/aromatic N) is 1. The number of nitrogens with one attached hydrogen (secondary N) is 2. The van der Waals surface area contributed by atoms with E-state index in [0.717, 1.165) is 14.5 Å². The minimum Gasteiger partial charge on any atom is -0.455 e. The van der Waals surface area contributed by atoms with E-state index in [-0.39, 0.29) is 5.91 Å². The van der Waals surface area contributed by atoms with Crippen LogP contribution in [0.3, 0.4) is 0 Å². The molecule has 8 heteroatoms. The number of halogens is 2. The molecule has 3 aromatic rings. The molecule has 0 atom stereocenters. The van der Waals surface area contributed by atoms with Gasteiger partial charge < -0.3 is 9.73 Å². The highest BCUT2D eigenvalue weighted by Gasteiger charge is 2.09. The lowest BCUT2D eigenvalue weighted by molar-refractivity contribution is -0.114. The first-order valence-corrected chi connectivity index (χ1v) is 9.77. The predicted octanol–water partition coefficient (Wildman–Crippen LogP) is 5.19. The second-order valence-electron chi connectivity index (χ2n) is 5.79. The third-order valence-corrected chi connectivity index (χ3v) is 4.81. The van der Waals surface area contributed by atoms with Gasteiger partial charge in [-0.3, -0.25) is 9.59 Å².